The molecular formula is C14H19N9O4S3. The molecule has 0 spiro atoms. The van der Waals surface area contributed by atoms with Crippen molar-refractivity contribution >= 4 is 42.4 Å². The summed E-state index contributed by atoms with van der Waals surface area (Å²) in [6.45, 7) is -0.213. The monoisotopic (exact) mass is 473 g/mol. The van der Waals surface area contributed by atoms with Gasteiger partial charge in [0.05, 0.1) is 10.4 Å². The molecule has 2 aromatic rings. The normalized spacial score (nSPS) is 15.4. The number of azo groups is 1. The number of benzene rings is 1. The van der Waals surface area contributed by atoms with Gasteiger partial charge in [0, 0.05) is 30.9 Å². The zero-order valence-electron chi connectivity index (χ0n) is 15.4. The molecule has 0 saturated carbocycles. The van der Waals surface area contributed by atoms with Crippen LogP contribution in [0.2, 0.25) is 0 Å². The number of anilines is 1. The quantitative estimate of drug-likeness (QED) is 0.310. The van der Waals surface area contributed by atoms with Gasteiger partial charge in [-0.15, -0.1) is 5.11 Å². The smallest absolute Gasteiger partial charge is 0.241 e. The van der Waals surface area contributed by atoms with Gasteiger partial charge < -0.3 is 17.2 Å². The number of thiazole rings is 1. The predicted octanol–water partition coefficient (Wildman–Crippen LogP) is -1.23. The molecule has 1 aromatic heterocycles. The van der Waals surface area contributed by atoms with Gasteiger partial charge in [0.2, 0.25) is 20.0 Å². The number of nitrogens with zero attached hydrogens (tertiary/aromatic N) is 4. The van der Waals surface area contributed by atoms with Gasteiger partial charge in [-0.3, -0.25) is 0 Å². The van der Waals surface area contributed by atoms with E-state index in [1.165, 1.54) is 12.3 Å². The number of rotatable bonds is 8. The average molecular weight is 474 g/mol. The Morgan fingerprint density at radius 3 is 2.50 bits per heavy atom. The molecule has 16 heteroatoms. The molecule has 30 heavy (non-hydrogen) atoms. The van der Waals surface area contributed by atoms with E-state index >= 15 is 0 Å². The number of aromatic nitrogens is 1. The third-order valence-electron chi connectivity index (χ3n) is 4.00. The SMILES string of the molecule is NC[C@@H](N)CNS(=O)(=O)c1ccc(-c2cnc(N)s2)c(C2=NCN=N2)c1S(N)(=O)=O. The van der Waals surface area contributed by atoms with Crippen molar-refractivity contribution in [2.24, 2.45) is 31.8 Å². The highest BCUT2D eigenvalue weighted by molar-refractivity contribution is 7.92. The maximum atomic E-state index is 12.9. The van der Waals surface area contributed by atoms with Crippen molar-refractivity contribution < 1.29 is 16.8 Å². The summed E-state index contributed by atoms with van der Waals surface area (Å²) >= 11 is 1.07. The number of amidine groups is 1. The van der Waals surface area contributed by atoms with Crippen LogP contribution in [0.4, 0.5) is 5.13 Å². The lowest BCUT2D eigenvalue weighted by Gasteiger charge is -2.17. The standard InChI is InChI=1S/C14H19N9O4S3/c15-3-7(16)4-22-30(26,27)10-2-1-8(9-5-19-14(17)28-9)11(12(10)29(18,24)25)13-20-6-21-23-13/h1-2,5,7,22H,3-4,6,15-16H2,(H2,17,19)(H2,18,24,25)/t7-/m1/s1. The minimum Gasteiger partial charge on any atom is -0.375 e. The number of primary sulfonamides is 1. The van der Waals surface area contributed by atoms with Crippen LogP contribution >= 0.6 is 11.3 Å². The molecule has 1 aliphatic heterocycles. The van der Waals surface area contributed by atoms with Crippen LogP contribution in [0.1, 0.15) is 5.56 Å². The van der Waals surface area contributed by atoms with Crippen LogP contribution in [0, 0.1) is 0 Å². The summed E-state index contributed by atoms with van der Waals surface area (Å²) in [6, 6.07) is 1.87. The fraction of sp³-hybridized carbons (Fsp3) is 0.286. The van der Waals surface area contributed by atoms with Crippen LogP contribution in [-0.4, -0.2) is 53.5 Å². The van der Waals surface area contributed by atoms with Gasteiger partial charge in [-0.25, -0.2) is 36.7 Å². The van der Waals surface area contributed by atoms with E-state index in [-0.39, 0.29) is 36.3 Å². The van der Waals surface area contributed by atoms with Crippen LogP contribution in [0.15, 0.2) is 43.3 Å². The van der Waals surface area contributed by atoms with Crippen LogP contribution in [0.25, 0.3) is 10.4 Å². The maximum absolute atomic E-state index is 12.9. The second-order valence-electron chi connectivity index (χ2n) is 6.14. The number of nitrogens with one attached hydrogen (secondary N) is 1. The number of hydrogen-bond donors (Lipinski definition) is 5. The molecular weight excluding hydrogens is 454 g/mol. The lowest BCUT2D eigenvalue weighted by molar-refractivity contribution is 0.563. The minimum atomic E-state index is -4.56. The van der Waals surface area contributed by atoms with Crippen molar-refractivity contribution in [3.63, 3.8) is 0 Å². The predicted molar refractivity (Wildman–Crippen MR) is 112 cm³/mol. The Morgan fingerprint density at radius 1 is 1.23 bits per heavy atom. The highest BCUT2D eigenvalue weighted by atomic mass is 32.2. The van der Waals surface area contributed by atoms with Gasteiger partial charge >= 0.3 is 0 Å². The fourth-order valence-corrected chi connectivity index (χ4v) is 6.04. The fourth-order valence-electron chi connectivity index (χ4n) is 2.63. The van der Waals surface area contributed by atoms with E-state index in [0.29, 0.717) is 10.4 Å². The number of hydrogen-bond acceptors (Lipinski definition) is 12. The summed E-state index contributed by atoms with van der Waals surface area (Å²) in [5, 5.41) is 13.2. The molecule has 0 fully saturated rings. The molecule has 0 aliphatic carbocycles. The van der Waals surface area contributed by atoms with Crippen molar-refractivity contribution in [2.75, 3.05) is 25.5 Å². The second kappa shape index (κ2) is 8.42. The average Bonchev–Trinajstić information content (AvgIpc) is 3.36. The number of nitrogen functional groups attached to an aromatic ring is 1. The Balaban J connectivity index is 2.30. The van der Waals surface area contributed by atoms with Gasteiger partial charge in [-0.1, -0.05) is 17.4 Å². The zero-order chi connectivity index (χ0) is 22.1. The molecule has 162 valence electrons. The van der Waals surface area contributed by atoms with Crippen LogP contribution < -0.4 is 27.1 Å². The van der Waals surface area contributed by atoms with Gasteiger partial charge in [-0.2, -0.15) is 5.11 Å². The first-order valence-corrected chi connectivity index (χ1v) is 12.2. The number of sulfonamides is 2. The summed E-state index contributed by atoms with van der Waals surface area (Å²) < 4.78 is 53.1. The van der Waals surface area contributed by atoms with Gasteiger partial charge in [-0.05, 0) is 6.07 Å². The van der Waals surface area contributed by atoms with E-state index in [9.17, 15) is 16.8 Å². The van der Waals surface area contributed by atoms with Gasteiger partial charge in [0.15, 0.2) is 17.6 Å². The molecule has 0 amide bonds. The first-order valence-electron chi connectivity index (χ1n) is 8.33. The van der Waals surface area contributed by atoms with Crippen molar-refractivity contribution in [2.45, 2.75) is 15.8 Å². The molecule has 0 bridgehead atoms. The van der Waals surface area contributed by atoms with Crippen molar-refractivity contribution in [3.8, 4) is 10.4 Å². The summed E-state index contributed by atoms with van der Waals surface area (Å²) in [4.78, 5) is 7.23. The molecule has 13 nitrogen and oxygen atoms in total. The summed E-state index contributed by atoms with van der Waals surface area (Å²) in [6.07, 6.45) is 1.42. The van der Waals surface area contributed by atoms with Crippen LogP contribution in [0.5, 0.6) is 0 Å². The topological polar surface area (TPSA) is 234 Å². The van der Waals surface area contributed by atoms with E-state index in [2.05, 4.69) is 24.9 Å². The van der Waals surface area contributed by atoms with Crippen molar-refractivity contribution in [1.29, 1.82) is 0 Å². The van der Waals surface area contributed by atoms with Crippen molar-refractivity contribution in [3.05, 3.63) is 23.9 Å². The lowest BCUT2D eigenvalue weighted by atomic mass is 10.1. The molecule has 1 atom stereocenters. The van der Waals surface area contributed by atoms with E-state index < -0.39 is 35.9 Å². The van der Waals surface area contributed by atoms with E-state index in [1.807, 2.05) is 0 Å². The second-order valence-corrected chi connectivity index (χ2v) is 10.4. The van der Waals surface area contributed by atoms with E-state index in [1.54, 1.807) is 0 Å². The first-order chi connectivity index (χ1) is 14.0. The third kappa shape index (κ3) is 4.53. The lowest BCUT2D eigenvalue weighted by Crippen LogP contribution is -2.42. The highest BCUT2D eigenvalue weighted by Crippen LogP contribution is 2.37. The molecule has 1 aromatic carbocycles. The van der Waals surface area contributed by atoms with Gasteiger partial charge in [0.25, 0.3) is 0 Å². The minimum absolute atomic E-state index is 0.0265. The number of aliphatic imine (C=N–C) groups is 1. The summed E-state index contributed by atoms with van der Waals surface area (Å²) in [5.74, 6) is -0.0725. The zero-order valence-corrected chi connectivity index (χ0v) is 17.8. The molecule has 2 heterocycles. The Morgan fingerprint density at radius 2 is 1.97 bits per heavy atom. The summed E-state index contributed by atoms with van der Waals surface area (Å²) in [5.41, 5.74) is 16.9. The summed E-state index contributed by atoms with van der Waals surface area (Å²) in [7, 11) is -8.89. The van der Waals surface area contributed by atoms with Gasteiger partial charge in [0.1, 0.15) is 9.79 Å². The Bertz CT molecular complexity index is 1240. The van der Waals surface area contributed by atoms with Crippen LogP contribution in [0.3, 0.4) is 0 Å². The molecule has 0 unspecified atom stereocenters. The Kier molecular flexibility index (Phi) is 6.27. The largest absolute Gasteiger partial charge is 0.375 e. The number of nitrogens with two attached hydrogens (primary N) is 4. The molecule has 0 radical (unpaired) electrons. The molecule has 1 aliphatic rings. The molecule has 9 N–H and O–H groups in total. The Labute approximate surface area is 176 Å². The third-order valence-corrected chi connectivity index (χ3v) is 7.44. The Hall–Kier alpha value is -2.34. The van der Waals surface area contributed by atoms with Crippen molar-refractivity contribution in [1.82, 2.24) is 9.71 Å². The van der Waals surface area contributed by atoms with E-state index in [4.69, 9.17) is 22.3 Å². The molecule has 0 saturated heterocycles. The van der Waals surface area contributed by atoms with Crippen LogP contribution in [-0.2, 0) is 20.0 Å². The first kappa shape index (κ1) is 22.3. The van der Waals surface area contributed by atoms with E-state index in [0.717, 1.165) is 17.4 Å². The maximum Gasteiger partial charge on any atom is 0.241 e. The highest BCUT2D eigenvalue weighted by Gasteiger charge is 2.33. The molecule has 3 rings (SSSR count).